The fourth-order valence-electron chi connectivity index (χ4n) is 4.56. The molecule has 0 bridgehead atoms. The van der Waals surface area contributed by atoms with Crippen LogP contribution in [0.5, 0.6) is 0 Å². The predicted octanol–water partition coefficient (Wildman–Crippen LogP) is 3.89. The van der Waals surface area contributed by atoms with Crippen LogP contribution in [0.15, 0.2) is 28.7 Å². The van der Waals surface area contributed by atoms with Crippen LogP contribution in [0.3, 0.4) is 0 Å². The molecule has 4 rings (SSSR count). The summed E-state index contributed by atoms with van der Waals surface area (Å²) in [5.74, 6) is 2.47. The van der Waals surface area contributed by atoms with Crippen LogP contribution in [0.25, 0.3) is 11.5 Å². The number of morpholine rings is 1. The molecule has 2 aliphatic rings. The zero-order chi connectivity index (χ0) is 19.5. The third kappa shape index (κ3) is 4.48. The van der Waals surface area contributed by atoms with Gasteiger partial charge in [-0.3, -0.25) is 9.80 Å². The lowest BCUT2D eigenvalue weighted by Crippen LogP contribution is -2.48. The first kappa shape index (κ1) is 19.6. The fraction of sp³-hybridized carbons (Fsp3) is 0.609. The Hall–Kier alpha value is -1.69. The van der Waals surface area contributed by atoms with E-state index < -0.39 is 0 Å². The Balaban J connectivity index is 1.33. The van der Waals surface area contributed by atoms with Crippen molar-refractivity contribution in [3.63, 3.8) is 0 Å². The molecule has 0 saturated carbocycles. The van der Waals surface area contributed by atoms with Crippen molar-refractivity contribution < 1.29 is 9.15 Å². The van der Waals surface area contributed by atoms with Gasteiger partial charge in [0.2, 0.25) is 5.89 Å². The van der Waals surface area contributed by atoms with Crippen molar-refractivity contribution in [2.45, 2.75) is 46.2 Å². The van der Waals surface area contributed by atoms with E-state index >= 15 is 0 Å². The van der Waals surface area contributed by atoms with Gasteiger partial charge in [-0.15, -0.1) is 0 Å². The summed E-state index contributed by atoms with van der Waals surface area (Å²) >= 11 is 0. The van der Waals surface area contributed by atoms with Crippen LogP contribution in [0, 0.1) is 19.8 Å². The molecular weight excluding hydrogens is 350 g/mol. The van der Waals surface area contributed by atoms with Crippen LogP contribution in [-0.4, -0.2) is 60.2 Å². The number of nitrogens with zero attached hydrogens (tertiary/aromatic N) is 3. The molecule has 1 atom stereocenters. The number of likely N-dealkylation sites (tertiary alicyclic amines) is 1. The molecule has 28 heavy (non-hydrogen) atoms. The van der Waals surface area contributed by atoms with Gasteiger partial charge >= 0.3 is 0 Å². The second-order valence-corrected chi connectivity index (χ2v) is 8.39. The summed E-state index contributed by atoms with van der Waals surface area (Å²) < 4.78 is 11.5. The van der Waals surface area contributed by atoms with Crippen molar-refractivity contribution in [1.29, 1.82) is 0 Å². The molecule has 2 aliphatic heterocycles. The highest BCUT2D eigenvalue weighted by atomic mass is 16.5. The molecule has 0 amide bonds. The van der Waals surface area contributed by atoms with E-state index in [2.05, 4.69) is 47.9 Å². The number of hydrogen-bond acceptors (Lipinski definition) is 5. The Morgan fingerprint density at radius 1 is 1.11 bits per heavy atom. The molecule has 1 aromatic carbocycles. The van der Waals surface area contributed by atoms with Gasteiger partial charge < -0.3 is 9.15 Å². The van der Waals surface area contributed by atoms with Gasteiger partial charge in [-0.2, -0.15) is 0 Å². The average molecular weight is 384 g/mol. The first-order chi connectivity index (χ1) is 13.6. The molecule has 1 aromatic heterocycles. The lowest BCUT2D eigenvalue weighted by atomic mass is 9.89. The van der Waals surface area contributed by atoms with Gasteiger partial charge in [0, 0.05) is 31.2 Å². The number of aryl methyl sites for hydroxylation is 2. The molecule has 1 unspecified atom stereocenters. The Morgan fingerprint density at radius 2 is 1.86 bits per heavy atom. The molecule has 0 spiro atoms. The second-order valence-electron chi connectivity index (χ2n) is 8.39. The minimum atomic E-state index is 0.660. The maximum absolute atomic E-state index is 5.98. The lowest BCUT2D eigenvalue weighted by molar-refractivity contribution is -0.00199. The number of piperidine rings is 1. The highest BCUT2D eigenvalue weighted by Gasteiger charge is 2.29. The molecule has 5 nitrogen and oxygen atoms in total. The van der Waals surface area contributed by atoms with E-state index in [1.807, 2.05) is 6.92 Å². The van der Waals surface area contributed by atoms with Crippen molar-refractivity contribution in [1.82, 2.24) is 14.8 Å². The molecule has 152 valence electrons. The predicted molar refractivity (Wildman–Crippen MR) is 111 cm³/mol. The van der Waals surface area contributed by atoms with Gasteiger partial charge in [-0.25, -0.2) is 4.98 Å². The normalized spacial score (nSPS) is 21.1. The van der Waals surface area contributed by atoms with E-state index in [1.54, 1.807) is 0 Å². The van der Waals surface area contributed by atoms with Gasteiger partial charge in [-0.1, -0.05) is 17.7 Å². The van der Waals surface area contributed by atoms with Gasteiger partial charge in [0.25, 0.3) is 0 Å². The molecule has 0 N–H and O–H groups in total. The fourth-order valence-corrected chi connectivity index (χ4v) is 4.56. The molecule has 2 aromatic rings. The molecule has 2 saturated heterocycles. The lowest BCUT2D eigenvalue weighted by Gasteiger charge is -2.40. The van der Waals surface area contributed by atoms with Crippen molar-refractivity contribution in [3.8, 4) is 11.5 Å². The zero-order valence-electron chi connectivity index (χ0n) is 17.5. The first-order valence-corrected chi connectivity index (χ1v) is 10.7. The monoisotopic (exact) mass is 383 g/mol. The molecule has 0 aliphatic carbocycles. The number of rotatable bonds is 5. The molecule has 5 heteroatoms. The topological polar surface area (TPSA) is 41.7 Å². The van der Waals surface area contributed by atoms with E-state index in [4.69, 9.17) is 14.1 Å². The summed E-state index contributed by atoms with van der Waals surface area (Å²) in [6, 6.07) is 9.02. The van der Waals surface area contributed by atoms with Crippen molar-refractivity contribution >= 4 is 0 Å². The minimum Gasteiger partial charge on any atom is -0.441 e. The zero-order valence-corrected chi connectivity index (χ0v) is 17.5. The van der Waals surface area contributed by atoms with E-state index in [-0.39, 0.29) is 0 Å². The van der Waals surface area contributed by atoms with E-state index in [1.165, 1.54) is 18.4 Å². The number of oxazole rings is 1. The molecule has 2 fully saturated rings. The SMILES string of the molecule is Cc1cccc(-c2nc(CN3CCC(C(C)N4CCOCC4)CC3)c(C)o2)c1. The first-order valence-electron chi connectivity index (χ1n) is 10.7. The maximum atomic E-state index is 5.98. The van der Waals surface area contributed by atoms with E-state index in [0.29, 0.717) is 6.04 Å². The third-order valence-corrected chi connectivity index (χ3v) is 6.47. The van der Waals surface area contributed by atoms with Gasteiger partial charge in [0.1, 0.15) is 5.76 Å². The number of ether oxygens (including phenoxy) is 1. The van der Waals surface area contributed by atoms with Crippen LogP contribution in [0.1, 0.15) is 36.8 Å². The summed E-state index contributed by atoms with van der Waals surface area (Å²) in [6.45, 7) is 13.7. The number of benzene rings is 1. The van der Waals surface area contributed by atoms with Crippen molar-refractivity contribution in [2.24, 2.45) is 5.92 Å². The van der Waals surface area contributed by atoms with Gasteiger partial charge in [0.15, 0.2) is 0 Å². The van der Waals surface area contributed by atoms with Crippen LogP contribution >= 0.6 is 0 Å². The average Bonchev–Trinajstić information content (AvgIpc) is 3.09. The molecule has 3 heterocycles. The Bertz CT molecular complexity index is 774. The maximum Gasteiger partial charge on any atom is 0.226 e. The largest absolute Gasteiger partial charge is 0.441 e. The molecule has 0 radical (unpaired) electrons. The van der Waals surface area contributed by atoms with Crippen LogP contribution in [0.2, 0.25) is 0 Å². The van der Waals surface area contributed by atoms with Crippen LogP contribution in [0.4, 0.5) is 0 Å². The third-order valence-electron chi connectivity index (χ3n) is 6.47. The summed E-state index contributed by atoms with van der Waals surface area (Å²) in [7, 11) is 0. The van der Waals surface area contributed by atoms with E-state index in [9.17, 15) is 0 Å². The highest BCUT2D eigenvalue weighted by molar-refractivity contribution is 5.54. The summed E-state index contributed by atoms with van der Waals surface area (Å²) in [5.41, 5.74) is 3.37. The van der Waals surface area contributed by atoms with Crippen LogP contribution in [-0.2, 0) is 11.3 Å². The quantitative estimate of drug-likeness (QED) is 0.783. The van der Waals surface area contributed by atoms with Crippen molar-refractivity contribution in [2.75, 3.05) is 39.4 Å². The minimum absolute atomic E-state index is 0.660. The Labute approximate surface area is 168 Å². The number of hydrogen-bond donors (Lipinski definition) is 0. The van der Waals surface area contributed by atoms with Crippen LogP contribution < -0.4 is 0 Å². The van der Waals surface area contributed by atoms with E-state index in [0.717, 1.165) is 74.8 Å². The Kier molecular flexibility index (Phi) is 6.14. The smallest absolute Gasteiger partial charge is 0.226 e. The standard InChI is InChI=1S/C23H33N3O2/c1-17-5-4-6-21(15-17)23-24-22(19(3)28-23)16-25-9-7-20(8-10-25)18(2)26-11-13-27-14-12-26/h4-6,15,18,20H,7-14,16H2,1-3H3. The summed E-state index contributed by atoms with van der Waals surface area (Å²) in [4.78, 5) is 9.96. The van der Waals surface area contributed by atoms with Crippen molar-refractivity contribution in [3.05, 3.63) is 41.3 Å². The highest BCUT2D eigenvalue weighted by Crippen LogP contribution is 2.27. The summed E-state index contributed by atoms with van der Waals surface area (Å²) in [5, 5.41) is 0. The van der Waals surface area contributed by atoms with Gasteiger partial charge in [0.05, 0.1) is 18.9 Å². The van der Waals surface area contributed by atoms with Gasteiger partial charge in [-0.05, 0) is 64.8 Å². The summed E-state index contributed by atoms with van der Waals surface area (Å²) in [6.07, 6.45) is 2.53. The Morgan fingerprint density at radius 3 is 2.57 bits per heavy atom. The second kappa shape index (κ2) is 8.76. The molecular formula is C23H33N3O2. The number of aromatic nitrogens is 1.